The molecule has 0 aromatic rings. The lowest BCUT2D eigenvalue weighted by Crippen LogP contribution is -2.26. The first kappa shape index (κ1) is 9.19. The van der Waals surface area contributed by atoms with Crippen LogP contribution in [0.25, 0.3) is 0 Å². The van der Waals surface area contributed by atoms with Gasteiger partial charge in [-0.15, -0.1) is 0 Å². The largest absolute Gasteiger partial charge is 0.389 e. The molecule has 74 valence electrons. The Labute approximate surface area is 78.3 Å². The summed E-state index contributed by atoms with van der Waals surface area (Å²) in [6.07, 6.45) is 7.38. The number of hydrogen-bond donors (Lipinski definition) is 1. The molecular formula is C10H16O3. The van der Waals surface area contributed by atoms with E-state index in [0.717, 1.165) is 19.4 Å². The lowest BCUT2D eigenvalue weighted by atomic mass is 10.2. The molecule has 3 atom stereocenters. The van der Waals surface area contributed by atoms with Crippen molar-refractivity contribution in [2.45, 2.75) is 44.2 Å². The minimum absolute atomic E-state index is 0.0475. The molecule has 0 bridgehead atoms. The van der Waals surface area contributed by atoms with Gasteiger partial charge in [0, 0.05) is 13.0 Å². The topological polar surface area (TPSA) is 38.7 Å². The fourth-order valence-electron chi connectivity index (χ4n) is 1.76. The van der Waals surface area contributed by atoms with Crippen molar-refractivity contribution in [2.75, 3.05) is 6.61 Å². The smallest absolute Gasteiger partial charge is 0.158 e. The van der Waals surface area contributed by atoms with Gasteiger partial charge < -0.3 is 14.6 Å². The van der Waals surface area contributed by atoms with E-state index in [2.05, 4.69) is 0 Å². The number of hydrogen-bond acceptors (Lipinski definition) is 3. The molecule has 0 amide bonds. The average molecular weight is 184 g/mol. The van der Waals surface area contributed by atoms with Crippen molar-refractivity contribution < 1.29 is 14.6 Å². The third-order valence-electron chi connectivity index (χ3n) is 2.49. The van der Waals surface area contributed by atoms with Gasteiger partial charge in [-0.2, -0.15) is 0 Å². The van der Waals surface area contributed by atoms with Crippen LogP contribution in [0.1, 0.15) is 25.7 Å². The van der Waals surface area contributed by atoms with E-state index in [1.54, 1.807) is 6.08 Å². The Hall–Kier alpha value is -0.380. The molecule has 1 N–H and O–H groups in total. The van der Waals surface area contributed by atoms with Gasteiger partial charge >= 0.3 is 0 Å². The van der Waals surface area contributed by atoms with Crippen molar-refractivity contribution in [1.82, 2.24) is 0 Å². The highest BCUT2D eigenvalue weighted by molar-refractivity contribution is 5.03. The van der Waals surface area contributed by atoms with Crippen LogP contribution in [-0.2, 0) is 9.47 Å². The summed E-state index contributed by atoms with van der Waals surface area (Å²) in [6, 6.07) is 0. The predicted octanol–water partition coefficient (Wildman–Crippen LogP) is 1.22. The quantitative estimate of drug-likeness (QED) is 0.656. The molecule has 0 aromatic heterocycles. The summed E-state index contributed by atoms with van der Waals surface area (Å²) in [5.74, 6) is 0. The summed E-state index contributed by atoms with van der Waals surface area (Å²) in [5, 5.41) is 9.22. The standard InChI is InChI=1S/C10H16O3/c11-8-4-5-9(7-8)13-10-3-1-2-6-12-10/h4-5,8-11H,1-3,6-7H2/t8-,9+,10?/m0/s1. The van der Waals surface area contributed by atoms with E-state index in [0.29, 0.717) is 6.42 Å². The first-order chi connectivity index (χ1) is 6.34. The van der Waals surface area contributed by atoms with Gasteiger partial charge in [0.1, 0.15) is 0 Å². The Bertz CT molecular complexity index is 185. The van der Waals surface area contributed by atoms with Crippen LogP contribution in [0.2, 0.25) is 0 Å². The fourth-order valence-corrected chi connectivity index (χ4v) is 1.76. The highest BCUT2D eigenvalue weighted by atomic mass is 16.7. The molecule has 1 unspecified atom stereocenters. The highest BCUT2D eigenvalue weighted by Gasteiger charge is 2.22. The van der Waals surface area contributed by atoms with E-state index in [1.807, 2.05) is 6.08 Å². The average Bonchev–Trinajstić information content (AvgIpc) is 2.53. The van der Waals surface area contributed by atoms with Crippen LogP contribution in [0.4, 0.5) is 0 Å². The van der Waals surface area contributed by atoms with E-state index in [4.69, 9.17) is 9.47 Å². The molecule has 2 rings (SSSR count). The summed E-state index contributed by atoms with van der Waals surface area (Å²) in [5.41, 5.74) is 0. The number of rotatable bonds is 2. The second-order valence-electron chi connectivity index (χ2n) is 3.66. The Balaban J connectivity index is 1.74. The summed E-state index contributed by atoms with van der Waals surface area (Å²) in [4.78, 5) is 0. The van der Waals surface area contributed by atoms with Crippen LogP contribution in [0.3, 0.4) is 0 Å². The van der Waals surface area contributed by atoms with E-state index in [1.165, 1.54) is 6.42 Å². The molecule has 1 fully saturated rings. The van der Waals surface area contributed by atoms with Gasteiger partial charge in [-0.05, 0) is 19.3 Å². The van der Waals surface area contributed by atoms with Gasteiger partial charge in [0.25, 0.3) is 0 Å². The van der Waals surface area contributed by atoms with Crippen molar-refractivity contribution in [3.8, 4) is 0 Å². The Morgan fingerprint density at radius 3 is 2.85 bits per heavy atom. The van der Waals surface area contributed by atoms with Crippen molar-refractivity contribution in [2.24, 2.45) is 0 Å². The molecule has 1 saturated heterocycles. The zero-order valence-corrected chi connectivity index (χ0v) is 7.69. The molecule has 0 radical (unpaired) electrons. The molecule has 13 heavy (non-hydrogen) atoms. The van der Waals surface area contributed by atoms with Crippen LogP contribution in [0.5, 0.6) is 0 Å². The normalized spacial score (nSPS) is 39.6. The van der Waals surface area contributed by atoms with Crippen LogP contribution < -0.4 is 0 Å². The third-order valence-corrected chi connectivity index (χ3v) is 2.49. The second-order valence-corrected chi connectivity index (χ2v) is 3.66. The van der Waals surface area contributed by atoms with Crippen molar-refractivity contribution in [3.05, 3.63) is 12.2 Å². The number of aliphatic hydroxyl groups is 1. The molecule has 1 aliphatic carbocycles. The summed E-state index contributed by atoms with van der Waals surface area (Å²) in [6.45, 7) is 0.809. The van der Waals surface area contributed by atoms with Gasteiger partial charge in [0.05, 0.1) is 12.2 Å². The SMILES string of the molecule is O[C@H]1C=C[C@@H](OC2CCCCO2)C1. The molecule has 0 spiro atoms. The zero-order valence-electron chi connectivity index (χ0n) is 7.69. The van der Waals surface area contributed by atoms with Gasteiger partial charge in [0.2, 0.25) is 0 Å². The molecule has 0 aromatic carbocycles. The van der Waals surface area contributed by atoms with Gasteiger partial charge in [-0.25, -0.2) is 0 Å². The van der Waals surface area contributed by atoms with Gasteiger partial charge in [-0.3, -0.25) is 0 Å². The third kappa shape index (κ3) is 2.53. The van der Waals surface area contributed by atoms with Crippen LogP contribution >= 0.6 is 0 Å². The maximum Gasteiger partial charge on any atom is 0.158 e. The predicted molar refractivity (Wildman–Crippen MR) is 48.2 cm³/mol. The first-order valence-electron chi connectivity index (χ1n) is 4.98. The van der Waals surface area contributed by atoms with E-state index in [9.17, 15) is 5.11 Å². The van der Waals surface area contributed by atoms with Crippen LogP contribution in [-0.4, -0.2) is 30.2 Å². The van der Waals surface area contributed by atoms with Crippen LogP contribution in [0.15, 0.2) is 12.2 Å². The summed E-state index contributed by atoms with van der Waals surface area (Å²) < 4.78 is 11.1. The number of ether oxygens (including phenoxy) is 2. The maximum absolute atomic E-state index is 9.22. The number of aliphatic hydroxyl groups excluding tert-OH is 1. The lowest BCUT2D eigenvalue weighted by molar-refractivity contribution is -0.179. The molecule has 2 aliphatic rings. The Morgan fingerprint density at radius 1 is 1.31 bits per heavy atom. The molecule has 3 nitrogen and oxygen atoms in total. The lowest BCUT2D eigenvalue weighted by Gasteiger charge is -2.25. The molecule has 0 saturated carbocycles. The van der Waals surface area contributed by atoms with E-state index >= 15 is 0 Å². The highest BCUT2D eigenvalue weighted by Crippen LogP contribution is 2.20. The van der Waals surface area contributed by atoms with Gasteiger partial charge in [0.15, 0.2) is 6.29 Å². The van der Waals surface area contributed by atoms with Crippen LogP contribution in [0, 0.1) is 0 Å². The molecule has 1 heterocycles. The van der Waals surface area contributed by atoms with Gasteiger partial charge in [-0.1, -0.05) is 12.2 Å². The van der Waals surface area contributed by atoms with Crippen molar-refractivity contribution in [3.63, 3.8) is 0 Å². The second kappa shape index (κ2) is 4.22. The van der Waals surface area contributed by atoms with E-state index < -0.39 is 0 Å². The molecule has 1 aliphatic heterocycles. The summed E-state index contributed by atoms with van der Waals surface area (Å²) >= 11 is 0. The Kier molecular flexibility index (Phi) is 2.98. The van der Waals surface area contributed by atoms with Crippen molar-refractivity contribution in [1.29, 1.82) is 0 Å². The van der Waals surface area contributed by atoms with E-state index in [-0.39, 0.29) is 18.5 Å². The fraction of sp³-hybridized carbons (Fsp3) is 0.800. The van der Waals surface area contributed by atoms with Crippen molar-refractivity contribution >= 4 is 0 Å². The summed E-state index contributed by atoms with van der Waals surface area (Å²) in [7, 11) is 0. The maximum atomic E-state index is 9.22. The first-order valence-corrected chi connectivity index (χ1v) is 4.98. The zero-order chi connectivity index (χ0) is 9.10. The Morgan fingerprint density at radius 2 is 2.23 bits per heavy atom. The minimum Gasteiger partial charge on any atom is -0.389 e. The monoisotopic (exact) mass is 184 g/mol. The minimum atomic E-state index is -0.325. The molecular weight excluding hydrogens is 168 g/mol. The molecule has 3 heteroatoms.